The number of carbonyl (C=O) groups is 1. The summed E-state index contributed by atoms with van der Waals surface area (Å²) in [5.41, 5.74) is 4.93. The summed E-state index contributed by atoms with van der Waals surface area (Å²) in [5.74, 6) is -0.206. The third-order valence-corrected chi connectivity index (χ3v) is 4.66. The number of hydrogen-bond acceptors (Lipinski definition) is 4. The largest absolute Gasteiger partial charge is 0.478 e. The quantitative estimate of drug-likeness (QED) is 0.544. The maximum absolute atomic E-state index is 11.2. The summed E-state index contributed by atoms with van der Waals surface area (Å²) in [6.45, 7) is 4.52. The van der Waals surface area contributed by atoms with E-state index in [-0.39, 0.29) is 5.56 Å². The minimum atomic E-state index is -0.931. The molecule has 0 spiro atoms. The first kappa shape index (κ1) is 17.7. The summed E-state index contributed by atoms with van der Waals surface area (Å²) in [7, 11) is 0. The van der Waals surface area contributed by atoms with Gasteiger partial charge in [-0.1, -0.05) is 30.3 Å². The maximum Gasteiger partial charge on any atom is 0.335 e. The molecule has 6 heteroatoms. The highest BCUT2D eigenvalue weighted by atomic mass is 16.4. The number of anilines is 1. The van der Waals surface area contributed by atoms with E-state index in [2.05, 4.69) is 10.4 Å². The fourth-order valence-electron chi connectivity index (χ4n) is 3.35. The van der Waals surface area contributed by atoms with Crippen LogP contribution in [0.3, 0.4) is 0 Å². The number of aromatic nitrogens is 3. The monoisotopic (exact) mass is 372 g/mol. The van der Waals surface area contributed by atoms with Gasteiger partial charge in [0.05, 0.1) is 16.9 Å². The molecule has 0 saturated heterocycles. The molecule has 0 bridgehead atoms. The molecule has 140 valence electrons. The number of carboxylic acids is 1. The van der Waals surface area contributed by atoms with E-state index in [1.54, 1.807) is 18.2 Å². The lowest BCUT2D eigenvalue weighted by atomic mass is 10.1. The lowest BCUT2D eigenvalue weighted by Gasteiger charge is -2.09. The summed E-state index contributed by atoms with van der Waals surface area (Å²) in [4.78, 5) is 15.9. The predicted molar refractivity (Wildman–Crippen MR) is 109 cm³/mol. The van der Waals surface area contributed by atoms with E-state index in [0.29, 0.717) is 6.54 Å². The zero-order valence-corrected chi connectivity index (χ0v) is 15.7. The van der Waals surface area contributed by atoms with E-state index in [9.17, 15) is 4.79 Å². The summed E-state index contributed by atoms with van der Waals surface area (Å²) in [5, 5.41) is 18.2. The standard InChI is InChI=1S/C22H20N4O2/c1-14-11-19(23-13-16-7-6-8-17(12-16)22(27)28)24-21-20(14)15(2)25-26(21)18-9-4-3-5-10-18/h3-12H,13H2,1-2H3,(H,23,24)(H,27,28). The van der Waals surface area contributed by atoms with Crippen LogP contribution >= 0.6 is 0 Å². The second kappa shape index (κ2) is 7.15. The molecule has 4 aromatic rings. The van der Waals surface area contributed by atoms with Crippen LogP contribution in [-0.4, -0.2) is 25.8 Å². The molecule has 0 amide bonds. The van der Waals surface area contributed by atoms with Gasteiger partial charge in [-0.25, -0.2) is 14.5 Å². The Morgan fingerprint density at radius 1 is 1.07 bits per heavy atom. The summed E-state index contributed by atoms with van der Waals surface area (Å²) in [6.07, 6.45) is 0. The lowest BCUT2D eigenvalue weighted by Crippen LogP contribution is -2.05. The van der Waals surface area contributed by atoms with Gasteiger partial charge in [-0.3, -0.25) is 0 Å². The van der Waals surface area contributed by atoms with E-state index in [1.807, 2.05) is 61.0 Å². The summed E-state index contributed by atoms with van der Waals surface area (Å²) in [6, 6.07) is 18.8. The highest BCUT2D eigenvalue weighted by Crippen LogP contribution is 2.26. The Balaban J connectivity index is 1.69. The molecule has 2 heterocycles. The van der Waals surface area contributed by atoms with Crippen molar-refractivity contribution in [2.45, 2.75) is 20.4 Å². The molecule has 0 aliphatic rings. The molecule has 2 N–H and O–H groups in total. The topological polar surface area (TPSA) is 80.0 Å². The number of fused-ring (bicyclic) bond motifs is 1. The molecule has 0 atom stereocenters. The van der Waals surface area contributed by atoms with Crippen molar-refractivity contribution in [3.05, 3.63) is 83.0 Å². The van der Waals surface area contributed by atoms with Crippen molar-refractivity contribution in [2.24, 2.45) is 0 Å². The van der Waals surface area contributed by atoms with Crippen molar-refractivity contribution in [1.82, 2.24) is 14.8 Å². The summed E-state index contributed by atoms with van der Waals surface area (Å²) >= 11 is 0. The first-order valence-corrected chi connectivity index (χ1v) is 9.01. The minimum Gasteiger partial charge on any atom is -0.478 e. The number of carboxylic acid groups (broad SMARTS) is 1. The highest BCUT2D eigenvalue weighted by Gasteiger charge is 2.14. The van der Waals surface area contributed by atoms with Crippen molar-refractivity contribution < 1.29 is 9.90 Å². The first-order chi connectivity index (χ1) is 13.5. The predicted octanol–water partition coefficient (Wildman–Crippen LogP) is 4.35. The van der Waals surface area contributed by atoms with Crippen molar-refractivity contribution in [2.75, 3.05) is 5.32 Å². The summed E-state index contributed by atoms with van der Waals surface area (Å²) < 4.78 is 1.86. The normalized spacial score (nSPS) is 10.9. The Bertz CT molecular complexity index is 1170. The molecular formula is C22H20N4O2. The number of nitrogens with zero attached hydrogens (tertiary/aromatic N) is 3. The molecule has 0 unspecified atom stereocenters. The van der Waals surface area contributed by atoms with Gasteiger partial charge < -0.3 is 10.4 Å². The maximum atomic E-state index is 11.2. The van der Waals surface area contributed by atoms with Gasteiger partial charge in [-0.2, -0.15) is 5.10 Å². The molecule has 4 rings (SSSR count). The van der Waals surface area contributed by atoms with Crippen molar-refractivity contribution >= 4 is 22.8 Å². The van der Waals surface area contributed by atoms with Crippen LogP contribution in [0.25, 0.3) is 16.7 Å². The second-order valence-corrected chi connectivity index (χ2v) is 6.71. The van der Waals surface area contributed by atoms with Gasteiger partial charge in [0.1, 0.15) is 5.82 Å². The number of benzene rings is 2. The number of aryl methyl sites for hydroxylation is 2. The Morgan fingerprint density at radius 3 is 2.61 bits per heavy atom. The third-order valence-electron chi connectivity index (χ3n) is 4.66. The van der Waals surface area contributed by atoms with Gasteiger partial charge in [-0.15, -0.1) is 0 Å². The highest BCUT2D eigenvalue weighted by molar-refractivity contribution is 5.88. The van der Waals surface area contributed by atoms with Crippen LogP contribution in [0, 0.1) is 13.8 Å². The second-order valence-electron chi connectivity index (χ2n) is 6.71. The first-order valence-electron chi connectivity index (χ1n) is 9.01. The molecule has 2 aromatic carbocycles. The van der Waals surface area contributed by atoms with Gasteiger partial charge in [0.2, 0.25) is 0 Å². The molecule has 0 fully saturated rings. The number of hydrogen-bond donors (Lipinski definition) is 2. The Kier molecular flexibility index (Phi) is 4.53. The Labute approximate surface area is 162 Å². The van der Waals surface area contributed by atoms with Crippen LogP contribution in [0.4, 0.5) is 5.82 Å². The minimum absolute atomic E-state index is 0.275. The smallest absolute Gasteiger partial charge is 0.335 e. The van der Waals surface area contributed by atoms with Gasteiger partial charge in [0.25, 0.3) is 0 Å². The Hall–Kier alpha value is -3.67. The fraction of sp³-hybridized carbons (Fsp3) is 0.136. The van der Waals surface area contributed by atoms with Gasteiger partial charge >= 0.3 is 5.97 Å². The van der Waals surface area contributed by atoms with Gasteiger partial charge in [-0.05, 0) is 55.3 Å². The average molecular weight is 372 g/mol. The molecule has 0 radical (unpaired) electrons. The number of para-hydroxylation sites is 1. The molecular weight excluding hydrogens is 352 g/mol. The lowest BCUT2D eigenvalue weighted by molar-refractivity contribution is 0.0696. The van der Waals surface area contributed by atoms with E-state index in [4.69, 9.17) is 10.1 Å². The van der Waals surface area contributed by atoms with Crippen molar-refractivity contribution in [3.63, 3.8) is 0 Å². The number of rotatable bonds is 5. The third kappa shape index (κ3) is 3.32. The van der Waals surface area contributed by atoms with Crippen LogP contribution in [-0.2, 0) is 6.54 Å². The van der Waals surface area contributed by atoms with E-state index >= 15 is 0 Å². The SMILES string of the molecule is Cc1cc(NCc2cccc(C(=O)O)c2)nc2c1c(C)nn2-c1ccccc1. The van der Waals surface area contributed by atoms with Crippen LogP contribution in [0.1, 0.15) is 27.2 Å². The number of nitrogens with one attached hydrogen (secondary N) is 1. The molecule has 2 aromatic heterocycles. The van der Waals surface area contributed by atoms with Crippen LogP contribution in [0.5, 0.6) is 0 Å². The fourth-order valence-corrected chi connectivity index (χ4v) is 3.35. The molecule has 0 aliphatic heterocycles. The molecule has 0 aliphatic carbocycles. The van der Waals surface area contributed by atoms with E-state index in [0.717, 1.165) is 39.4 Å². The van der Waals surface area contributed by atoms with E-state index in [1.165, 1.54) is 0 Å². The Morgan fingerprint density at radius 2 is 1.86 bits per heavy atom. The van der Waals surface area contributed by atoms with Crippen LogP contribution in [0.2, 0.25) is 0 Å². The average Bonchev–Trinajstić information content (AvgIpc) is 3.04. The van der Waals surface area contributed by atoms with Crippen LogP contribution < -0.4 is 5.32 Å². The van der Waals surface area contributed by atoms with Crippen molar-refractivity contribution in [3.8, 4) is 5.69 Å². The van der Waals surface area contributed by atoms with E-state index < -0.39 is 5.97 Å². The number of pyridine rings is 1. The van der Waals surface area contributed by atoms with Crippen molar-refractivity contribution in [1.29, 1.82) is 0 Å². The molecule has 0 saturated carbocycles. The van der Waals surface area contributed by atoms with Gasteiger partial charge in [0.15, 0.2) is 5.65 Å². The molecule has 28 heavy (non-hydrogen) atoms. The zero-order valence-electron chi connectivity index (χ0n) is 15.7. The number of aromatic carboxylic acids is 1. The van der Waals surface area contributed by atoms with Crippen LogP contribution in [0.15, 0.2) is 60.7 Å². The zero-order chi connectivity index (χ0) is 19.7. The molecule has 6 nitrogen and oxygen atoms in total. The van der Waals surface area contributed by atoms with Gasteiger partial charge in [0, 0.05) is 11.9 Å².